The Bertz CT molecular complexity index is 3010. The molecule has 2 aliphatic rings. The number of benzene rings is 9. The van der Waals surface area contributed by atoms with E-state index in [9.17, 15) is 0 Å². The first-order chi connectivity index (χ1) is 28.0. The quantitative estimate of drug-likeness (QED) is 0.175. The van der Waals surface area contributed by atoms with Crippen LogP contribution in [0.1, 0.15) is 25.0 Å². The van der Waals surface area contributed by atoms with Gasteiger partial charge in [0, 0.05) is 39.7 Å². The van der Waals surface area contributed by atoms with Gasteiger partial charge in [-0.3, -0.25) is 0 Å². The lowest BCUT2D eigenvalue weighted by molar-refractivity contribution is 0.488. The minimum atomic E-state index is -0.125. The lowest BCUT2D eigenvalue weighted by atomic mass is 9.82. The van der Waals surface area contributed by atoms with Gasteiger partial charge in [0.1, 0.15) is 11.5 Å². The van der Waals surface area contributed by atoms with Gasteiger partial charge >= 0.3 is 0 Å². The van der Waals surface area contributed by atoms with Crippen LogP contribution in [0.3, 0.4) is 0 Å². The predicted molar refractivity (Wildman–Crippen MR) is 238 cm³/mol. The van der Waals surface area contributed by atoms with E-state index in [4.69, 9.17) is 4.74 Å². The number of anilines is 3. The first-order valence-electron chi connectivity index (χ1n) is 19.8. The van der Waals surface area contributed by atoms with Gasteiger partial charge in [0.15, 0.2) is 0 Å². The van der Waals surface area contributed by atoms with E-state index in [2.05, 4.69) is 219 Å². The molecule has 0 spiro atoms. The minimum absolute atomic E-state index is 0.125. The first kappa shape index (κ1) is 33.2. The van der Waals surface area contributed by atoms with Gasteiger partial charge in [0.05, 0.1) is 0 Å². The summed E-state index contributed by atoms with van der Waals surface area (Å²) in [4.78, 5) is 2.37. The smallest absolute Gasteiger partial charge is 0.137 e. The van der Waals surface area contributed by atoms with E-state index in [0.717, 1.165) is 50.8 Å². The molecule has 0 radical (unpaired) electrons. The van der Waals surface area contributed by atoms with Crippen LogP contribution in [0, 0.1) is 0 Å². The zero-order valence-electron chi connectivity index (χ0n) is 31.9. The summed E-state index contributed by atoms with van der Waals surface area (Å²) in [6.07, 6.45) is 0. The number of hydrogen-bond acceptors (Lipinski definition) is 2. The molecule has 9 aromatic carbocycles. The highest BCUT2D eigenvalue weighted by atomic mass is 16.5. The summed E-state index contributed by atoms with van der Waals surface area (Å²) in [5.74, 6) is 1.68. The Labute approximate surface area is 333 Å². The van der Waals surface area contributed by atoms with Gasteiger partial charge in [-0.2, -0.15) is 0 Å². The Morgan fingerprint density at radius 3 is 1.79 bits per heavy atom. The number of rotatable bonds is 5. The normalized spacial score (nSPS) is 13.0. The standard InChI is InChI=1S/C55H39NO/c1-55(2)51-21-10-8-18-46(51)47-31-28-41(34-52(47)55)56(40-26-23-37(24-27-40)36-13-4-3-5-14-36)42-29-32-49-45-30-25-39(44-20-12-16-38-15-6-7-17-43(38)44)33-50(45)48-19-9-11-22-53(48)57-54(49)35-42/h3-35H,1-2H3. The SMILES string of the molecule is CC1(C)c2ccccc2-c2ccc(N(c3ccc(-c4ccccc4)cc3)c3ccc4c(c3)Oc3ccccc3-c3cc(-c5cccc6ccccc56)ccc3-4)cc21. The van der Waals surface area contributed by atoms with Gasteiger partial charge in [-0.1, -0.05) is 159 Å². The van der Waals surface area contributed by atoms with E-state index in [0.29, 0.717) is 0 Å². The number of fused-ring (bicyclic) bond motifs is 9. The van der Waals surface area contributed by atoms with E-state index >= 15 is 0 Å². The van der Waals surface area contributed by atoms with Gasteiger partial charge in [-0.05, 0) is 115 Å². The first-order valence-corrected chi connectivity index (χ1v) is 19.8. The topological polar surface area (TPSA) is 12.5 Å². The number of nitrogens with zero attached hydrogens (tertiary/aromatic N) is 1. The zero-order valence-corrected chi connectivity index (χ0v) is 31.9. The zero-order chi connectivity index (χ0) is 38.1. The molecule has 1 heterocycles. The summed E-state index contributed by atoms with van der Waals surface area (Å²) < 4.78 is 6.96. The molecule has 0 saturated heterocycles. The molecule has 0 saturated carbocycles. The third-order valence-electron chi connectivity index (χ3n) is 12.1. The van der Waals surface area contributed by atoms with E-state index in [1.807, 2.05) is 0 Å². The average Bonchev–Trinajstić information content (AvgIpc) is 3.39. The Kier molecular flexibility index (Phi) is 7.55. The van der Waals surface area contributed by atoms with Crippen LogP contribution < -0.4 is 9.64 Å². The third kappa shape index (κ3) is 5.40. The fourth-order valence-corrected chi connectivity index (χ4v) is 9.21. The van der Waals surface area contributed by atoms with Crippen LogP contribution in [0.25, 0.3) is 66.4 Å². The maximum atomic E-state index is 6.96. The molecular weight excluding hydrogens is 691 g/mol. The van der Waals surface area contributed by atoms with Gasteiger partial charge < -0.3 is 9.64 Å². The third-order valence-corrected chi connectivity index (χ3v) is 12.1. The van der Waals surface area contributed by atoms with Crippen molar-refractivity contribution in [3.8, 4) is 67.1 Å². The highest BCUT2D eigenvalue weighted by molar-refractivity contribution is 6.00. The van der Waals surface area contributed by atoms with Gasteiger partial charge in [0.25, 0.3) is 0 Å². The summed E-state index contributed by atoms with van der Waals surface area (Å²) in [6, 6.07) is 72.5. The maximum Gasteiger partial charge on any atom is 0.137 e. The summed E-state index contributed by atoms with van der Waals surface area (Å²) in [7, 11) is 0. The molecule has 0 N–H and O–H groups in total. The van der Waals surface area contributed by atoms with Crippen LogP contribution in [-0.2, 0) is 5.41 Å². The molecular formula is C55H39NO. The van der Waals surface area contributed by atoms with E-state index < -0.39 is 0 Å². The second-order valence-corrected chi connectivity index (χ2v) is 15.7. The number of ether oxygens (including phenoxy) is 1. The van der Waals surface area contributed by atoms with Crippen molar-refractivity contribution in [1.29, 1.82) is 0 Å². The summed E-state index contributed by atoms with van der Waals surface area (Å²) in [5.41, 5.74) is 17.7. The maximum absolute atomic E-state index is 6.96. The van der Waals surface area contributed by atoms with Crippen molar-refractivity contribution in [2.45, 2.75) is 19.3 Å². The Balaban J connectivity index is 1.07. The molecule has 57 heavy (non-hydrogen) atoms. The predicted octanol–water partition coefficient (Wildman–Crippen LogP) is 15.4. The average molecular weight is 730 g/mol. The van der Waals surface area contributed by atoms with Crippen molar-refractivity contribution >= 4 is 27.8 Å². The van der Waals surface area contributed by atoms with Crippen molar-refractivity contribution in [2.75, 3.05) is 4.90 Å². The molecule has 9 aromatic rings. The molecule has 0 bridgehead atoms. The second kappa shape index (κ2) is 13.0. The van der Waals surface area contributed by atoms with Gasteiger partial charge in [-0.15, -0.1) is 0 Å². The summed E-state index contributed by atoms with van der Waals surface area (Å²) >= 11 is 0. The fourth-order valence-electron chi connectivity index (χ4n) is 9.21. The molecule has 270 valence electrons. The molecule has 11 rings (SSSR count). The Morgan fingerprint density at radius 2 is 0.930 bits per heavy atom. The highest BCUT2D eigenvalue weighted by Crippen LogP contribution is 2.53. The molecule has 1 aliphatic heterocycles. The van der Waals surface area contributed by atoms with Crippen LogP contribution in [0.15, 0.2) is 200 Å². The highest BCUT2D eigenvalue weighted by Gasteiger charge is 2.36. The van der Waals surface area contributed by atoms with Gasteiger partial charge in [0.2, 0.25) is 0 Å². The molecule has 0 unspecified atom stereocenters. The number of hydrogen-bond donors (Lipinski definition) is 0. The molecule has 0 atom stereocenters. The van der Waals surface area contributed by atoms with Crippen molar-refractivity contribution in [3.05, 3.63) is 211 Å². The van der Waals surface area contributed by atoms with Crippen LogP contribution in [0.2, 0.25) is 0 Å². The lowest BCUT2D eigenvalue weighted by Crippen LogP contribution is -2.16. The minimum Gasteiger partial charge on any atom is -0.456 e. The number of para-hydroxylation sites is 1. The molecule has 2 nitrogen and oxygen atoms in total. The monoisotopic (exact) mass is 729 g/mol. The van der Waals surface area contributed by atoms with E-state index in [1.54, 1.807) is 0 Å². The molecule has 1 aliphatic carbocycles. The molecule has 0 amide bonds. The van der Waals surface area contributed by atoms with Crippen molar-refractivity contribution in [1.82, 2.24) is 0 Å². The summed E-state index contributed by atoms with van der Waals surface area (Å²) in [6.45, 7) is 4.69. The Morgan fingerprint density at radius 1 is 0.351 bits per heavy atom. The van der Waals surface area contributed by atoms with E-state index in [1.165, 1.54) is 55.3 Å². The van der Waals surface area contributed by atoms with Crippen LogP contribution >= 0.6 is 0 Å². The van der Waals surface area contributed by atoms with Gasteiger partial charge in [-0.25, -0.2) is 0 Å². The largest absolute Gasteiger partial charge is 0.456 e. The molecule has 0 aromatic heterocycles. The lowest BCUT2D eigenvalue weighted by Gasteiger charge is -2.29. The summed E-state index contributed by atoms with van der Waals surface area (Å²) in [5, 5.41) is 2.49. The van der Waals surface area contributed by atoms with Crippen LogP contribution in [-0.4, -0.2) is 0 Å². The van der Waals surface area contributed by atoms with Crippen LogP contribution in [0.4, 0.5) is 17.1 Å². The van der Waals surface area contributed by atoms with Crippen molar-refractivity contribution in [2.24, 2.45) is 0 Å². The second-order valence-electron chi connectivity index (χ2n) is 15.7. The Hall–Kier alpha value is -7.16. The van der Waals surface area contributed by atoms with E-state index in [-0.39, 0.29) is 5.41 Å². The fraction of sp³-hybridized carbons (Fsp3) is 0.0545. The van der Waals surface area contributed by atoms with Crippen molar-refractivity contribution in [3.63, 3.8) is 0 Å². The van der Waals surface area contributed by atoms with Crippen molar-refractivity contribution < 1.29 is 4.74 Å². The molecule has 0 fully saturated rings. The van der Waals surface area contributed by atoms with Crippen LogP contribution in [0.5, 0.6) is 11.5 Å². The molecule has 2 heteroatoms.